The second-order valence-electron chi connectivity index (χ2n) is 4.18. The monoisotopic (exact) mass is 310 g/mol. The Bertz CT molecular complexity index is 665. The van der Waals surface area contributed by atoms with Crippen LogP contribution in [0.4, 0.5) is 5.69 Å². The predicted molar refractivity (Wildman–Crippen MR) is 82.7 cm³/mol. The summed E-state index contributed by atoms with van der Waals surface area (Å²) in [5, 5.41) is 10.4. The van der Waals surface area contributed by atoms with Crippen LogP contribution in [-0.2, 0) is 13.0 Å². The first-order valence-corrected chi connectivity index (χ1v) is 7.39. The van der Waals surface area contributed by atoms with E-state index in [2.05, 4.69) is 22.0 Å². The molecule has 2 aromatic rings. The lowest BCUT2D eigenvalue weighted by Gasteiger charge is -2.08. The van der Waals surface area contributed by atoms with Crippen LogP contribution in [0.3, 0.4) is 0 Å². The van der Waals surface area contributed by atoms with Gasteiger partial charge in [-0.3, -0.25) is 4.79 Å². The first kappa shape index (κ1) is 14.7. The smallest absolute Gasteiger partial charge is 0.287 e. The minimum Gasteiger partial charge on any atom is -0.382 e. The molecule has 0 aliphatic carbocycles. The molecule has 5 nitrogen and oxygen atoms in total. The van der Waals surface area contributed by atoms with Crippen molar-refractivity contribution in [2.75, 3.05) is 11.9 Å². The normalized spacial score (nSPS) is 10.5. The summed E-state index contributed by atoms with van der Waals surface area (Å²) in [7, 11) is 0. The Hall–Kier alpha value is -1.66. The molecule has 0 bridgehead atoms. The van der Waals surface area contributed by atoms with Gasteiger partial charge in [-0.15, -0.1) is 17.9 Å². The van der Waals surface area contributed by atoms with Crippen molar-refractivity contribution in [2.24, 2.45) is 0 Å². The molecule has 0 amide bonds. The van der Waals surface area contributed by atoms with E-state index in [9.17, 15) is 4.79 Å². The molecule has 0 aliphatic heterocycles. The van der Waals surface area contributed by atoms with Gasteiger partial charge in [-0.2, -0.15) is 5.10 Å². The molecule has 0 unspecified atom stereocenters. The molecular formula is C13H15ClN4OS. The highest BCUT2D eigenvalue weighted by Crippen LogP contribution is 2.15. The largest absolute Gasteiger partial charge is 0.382 e. The average Bonchev–Trinajstić information content (AvgIpc) is 2.84. The van der Waals surface area contributed by atoms with Crippen LogP contribution in [0.2, 0.25) is 5.02 Å². The zero-order valence-electron chi connectivity index (χ0n) is 11.1. The average molecular weight is 311 g/mol. The minimum atomic E-state index is -0.318. The van der Waals surface area contributed by atoms with E-state index >= 15 is 0 Å². The molecule has 106 valence electrons. The fourth-order valence-corrected chi connectivity index (χ4v) is 2.55. The molecule has 2 rings (SSSR count). The number of hydrogen-bond acceptors (Lipinski definition) is 5. The van der Waals surface area contributed by atoms with E-state index in [4.69, 9.17) is 11.6 Å². The Labute approximate surface area is 125 Å². The number of halogens is 1. The van der Waals surface area contributed by atoms with E-state index in [0.717, 1.165) is 17.1 Å². The summed E-state index contributed by atoms with van der Waals surface area (Å²) < 4.78 is 1.27. The molecule has 2 heterocycles. The van der Waals surface area contributed by atoms with Crippen molar-refractivity contribution >= 4 is 28.6 Å². The third-order valence-electron chi connectivity index (χ3n) is 2.65. The molecule has 0 aromatic carbocycles. The van der Waals surface area contributed by atoms with E-state index in [0.29, 0.717) is 18.8 Å². The number of aromatic nitrogens is 3. The quantitative estimate of drug-likeness (QED) is 0.833. The first-order valence-electron chi connectivity index (χ1n) is 6.13. The minimum absolute atomic E-state index is 0.149. The standard InChI is InChI=1S/C13H15ClN4OS/c1-3-6-18-13(19)12(14)11(7-16-18)15-5-4-10-8-20-9(2)17-10/h3,7-8,15H,1,4-6H2,2H3. The molecule has 0 radical (unpaired) electrons. The van der Waals surface area contributed by atoms with Crippen molar-refractivity contribution in [2.45, 2.75) is 19.9 Å². The van der Waals surface area contributed by atoms with Gasteiger partial charge in [0, 0.05) is 18.3 Å². The lowest BCUT2D eigenvalue weighted by Crippen LogP contribution is -2.24. The highest BCUT2D eigenvalue weighted by Gasteiger charge is 2.08. The molecular weight excluding hydrogens is 296 g/mol. The number of hydrogen-bond donors (Lipinski definition) is 1. The molecule has 2 aromatic heterocycles. The second-order valence-corrected chi connectivity index (χ2v) is 5.62. The Morgan fingerprint density at radius 1 is 1.60 bits per heavy atom. The zero-order chi connectivity index (χ0) is 14.5. The van der Waals surface area contributed by atoms with Crippen LogP contribution in [0.25, 0.3) is 0 Å². The lowest BCUT2D eigenvalue weighted by molar-refractivity contribution is 0.653. The summed E-state index contributed by atoms with van der Waals surface area (Å²) >= 11 is 7.66. The fourth-order valence-electron chi connectivity index (χ4n) is 1.69. The van der Waals surface area contributed by atoms with Crippen LogP contribution in [0.15, 0.2) is 29.0 Å². The van der Waals surface area contributed by atoms with Gasteiger partial charge in [-0.1, -0.05) is 17.7 Å². The maximum absolute atomic E-state index is 11.9. The number of thiazole rings is 1. The summed E-state index contributed by atoms with van der Waals surface area (Å²) in [6.07, 6.45) is 3.93. The van der Waals surface area contributed by atoms with Gasteiger partial charge in [0.25, 0.3) is 5.56 Å². The van der Waals surface area contributed by atoms with Gasteiger partial charge in [0.1, 0.15) is 5.02 Å². The molecule has 7 heteroatoms. The molecule has 1 N–H and O–H groups in total. The lowest BCUT2D eigenvalue weighted by atomic mass is 10.3. The molecule has 0 aliphatic rings. The SMILES string of the molecule is C=CCn1ncc(NCCc2csc(C)n2)c(Cl)c1=O. The molecule has 0 atom stereocenters. The van der Waals surface area contributed by atoms with Gasteiger partial charge in [0.15, 0.2) is 0 Å². The molecule has 0 saturated carbocycles. The van der Waals surface area contributed by atoms with E-state index in [1.165, 1.54) is 4.68 Å². The third kappa shape index (κ3) is 3.46. The van der Waals surface area contributed by atoms with E-state index in [1.807, 2.05) is 12.3 Å². The number of nitrogens with zero attached hydrogens (tertiary/aromatic N) is 3. The van der Waals surface area contributed by atoms with Crippen molar-refractivity contribution in [3.63, 3.8) is 0 Å². The van der Waals surface area contributed by atoms with Gasteiger partial charge < -0.3 is 5.32 Å². The third-order valence-corrected chi connectivity index (χ3v) is 3.84. The van der Waals surface area contributed by atoms with Crippen LogP contribution < -0.4 is 10.9 Å². The van der Waals surface area contributed by atoms with Crippen LogP contribution in [-0.4, -0.2) is 21.3 Å². The fraction of sp³-hybridized carbons (Fsp3) is 0.308. The predicted octanol–water partition coefficient (Wildman–Crippen LogP) is 2.50. The van der Waals surface area contributed by atoms with Gasteiger partial charge in [-0.25, -0.2) is 9.67 Å². The van der Waals surface area contributed by atoms with E-state index < -0.39 is 0 Å². The van der Waals surface area contributed by atoms with Gasteiger partial charge in [-0.05, 0) is 6.92 Å². The first-order chi connectivity index (χ1) is 9.61. The van der Waals surface area contributed by atoms with Gasteiger partial charge in [0.2, 0.25) is 0 Å². The molecule has 0 saturated heterocycles. The highest BCUT2D eigenvalue weighted by atomic mass is 35.5. The van der Waals surface area contributed by atoms with Crippen molar-refractivity contribution in [3.8, 4) is 0 Å². The Kier molecular flexibility index (Phi) is 4.92. The van der Waals surface area contributed by atoms with Crippen LogP contribution in [0, 0.1) is 6.92 Å². The van der Waals surface area contributed by atoms with Crippen molar-refractivity contribution in [1.29, 1.82) is 0 Å². The second kappa shape index (κ2) is 6.67. The topological polar surface area (TPSA) is 59.8 Å². The number of rotatable bonds is 6. The Balaban J connectivity index is 2.01. The number of anilines is 1. The molecule has 0 fully saturated rings. The Morgan fingerprint density at radius 2 is 2.40 bits per heavy atom. The van der Waals surface area contributed by atoms with Crippen LogP contribution >= 0.6 is 22.9 Å². The summed E-state index contributed by atoms with van der Waals surface area (Å²) in [6.45, 7) is 6.54. The van der Waals surface area contributed by atoms with E-state index in [-0.39, 0.29) is 10.6 Å². The van der Waals surface area contributed by atoms with Crippen LogP contribution in [0.5, 0.6) is 0 Å². The van der Waals surface area contributed by atoms with Crippen molar-refractivity contribution in [1.82, 2.24) is 14.8 Å². The molecule has 20 heavy (non-hydrogen) atoms. The maximum Gasteiger partial charge on any atom is 0.287 e. The van der Waals surface area contributed by atoms with Crippen molar-refractivity contribution < 1.29 is 0 Å². The van der Waals surface area contributed by atoms with Crippen molar-refractivity contribution in [3.05, 3.63) is 50.3 Å². The number of nitrogens with one attached hydrogen (secondary N) is 1. The van der Waals surface area contributed by atoms with Crippen LogP contribution in [0.1, 0.15) is 10.7 Å². The zero-order valence-corrected chi connectivity index (χ0v) is 12.7. The van der Waals surface area contributed by atoms with E-state index in [1.54, 1.807) is 23.6 Å². The molecule has 0 spiro atoms. The van der Waals surface area contributed by atoms with Gasteiger partial charge >= 0.3 is 0 Å². The summed E-state index contributed by atoms with van der Waals surface area (Å²) in [5.74, 6) is 0. The highest BCUT2D eigenvalue weighted by molar-refractivity contribution is 7.09. The summed E-state index contributed by atoms with van der Waals surface area (Å²) in [5.41, 5.74) is 1.26. The van der Waals surface area contributed by atoms with Gasteiger partial charge in [0.05, 0.1) is 29.1 Å². The maximum atomic E-state index is 11.9. The Morgan fingerprint density at radius 3 is 3.05 bits per heavy atom. The summed E-state index contributed by atoms with van der Waals surface area (Å²) in [6, 6.07) is 0. The summed E-state index contributed by atoms with van der Waals surface area (Å²) in [4.78, 5) is 16.3. The number of aryl methyl sites for hydroxylation is 1. The number of allylic oxidation sites excluding steroid dienone is 1.